The molecule has 0 saturated carbocycles. The Morgan fingerprint density at radius 2 is 2.05 bits per heavy atom. The summed E-state index contributed by atoms with van der Waals surface area (Å²) in [7, 11) is 1.36. The van der Waals surface area contributed by atoms with Crippen LogP contribution in [0, 0.1) is 5.41 Å². The van der Waals surface area contributed by atoms with Crippen molar-refractivity contribution in [1.82, 2.24) is 15.2 Å². The number of nitrogens with one attached hydrogen (secondary N) is 1. The molecular weight excluding hydrogens is 478 g/mol. The van der Waals surface area contributed by atoms with Crippen molar-refractivity contribution >= 4 is 11.8 Å². The molecule has 2 fully saturated rings. The Hall–Kier alpha value is -2.37. The molecular formula is C27H41N3O7. The molecule has 0 spiro atoms. The highest BCUT2D eigenvalue weighted by atomic mass is 16.7. The van der Waals surface area contributed by atoms with Crippen LogP contribution >= 0.6 is 0 Å². The Labute approximate surface area is 219 Å². The Bertz CT molecular complexity index is 947. The van der Waals surface area contributed by atoms with Crippen molar-refractivity contribution in [3.63, 3.8) is 0 Å². The largest absolute Gasteiger partial charge is 0.391 e. The summed E-state index contributed by atoms with van der Waals surface area (Å²) in [5, 5.41) is 24.2. The molecule has 3 rings (SSSR count). The van der Waals surface area contributed by atoms with Crippen LogP contribution in [0.15, 0.2) is 36.7 Å². The van der Waals surface area contributed by atoms with Crippen LogP contribution in [-0.2, 0) is 30.3 Å². The summed E-state index contributed by atoms with van der Waals surface area (Å²) in [6.07, 6.45) is 2.79. The molecule has 2 aliphatic rings. The number of amides is 2. The molecule has 6 atom stereocenters. The van der Waals surface area contributed by atoms with E-state index in [0.29, 0.717) is 6.42 Å². The molecule has 37 heavy (non-hydrogen) atoms. The maximum absolute atomic E-state index is 13.4. The highest BCUT2D eigenvalue weighted by Gasteiger charge is 2.48. The lowest BCUT2D eigenvalue weighted by Crippen LogP contribution is -2.62. The van der Waals surface area contributed by atoms with Gasteiger partial charge in [-0.3, -0.25) is 14.6 Å². The van der Waals surface area contributed by atoms with Gasteiger partial charge < -0.3 is 34.6 Å². The minimum absolute atomic E-state index is 0.134. The summed E-state index contributed by atoms with van der Waals surface area (Å²) in [6, 6.07) is 2.77. The van der Waals surface area contributed by atoms with E-state index in [2.05, 4.69) is 10.3 Å². The Kier molecular flexibility index (Phi) is 9.47. The SMILES string of the molecule is CO[C@@H](C(=O)N[C@H]1CC[C@@H](O)CN(Cc2cccnc2)C1=O)[C@@H]1OC(C)(C)O[C@H](C=CC(C)(C)C)[C@@H]1O. The normalized spacial score (nSPS) is 29.7. The van der Waals surface area contributed by atoms with Crippen LogP contribution in [0.3, 0.4) is 0 Å². The summed E-state index contributed by atoms with van der Waals surface area (Å²) in [5.41, 5.74) is 0.686. The van der Waals surface area contributed by atoms with E-state index in [4.69, 9.17) is 14.2 Å². The zero-order chi connectivity index (χ0) is 27.4. The fourth-order valence-electron chi connectivity index (χ4n) is 4.56. The number of hydrogen-bond donors (Lipinski definition) is 3. The molecule has 10 nitrogen and oxygen atoms in total. The van der Waals surface area contributed by atoms with Crippen molar-refractivity contribution in [2.45, 2.75) is 96.4 Å². The predicted octanol–water partition coefficient (Wildman–Crippen LogP) is 1.55. The van der Waals surface area contributed by atoms with E-state index in [0.717, 1.165) is 5.56 Å². The topological polar surface area (TPSA) is 130 Å². The number of aromatic nitrogens is 1. The first-order chi connectivity index (χ1) is 17.3. The first-order valence-corrected chi connectivity index (χ1v) is 12.7. The van der Waals surface area contributed by atoms with E-state index in [1.807, 2.05) is 32.9 Å². The lowest BCUT2D eigenvalue weighted by atomic mass is 9.93. The van der Waals surface area contributed by atoms with Gasteiger partial charge in [0.25, 0.3) is 5.91 Å². The number of allylic oxidation sites excluding steroid dienone is 1. The molecule has 2 amide bonds. The highest BCUT2D eigenvalue weighted by Crippen LogP contribution is 2.31. The number of hydrogen-bond acceptors (Lipinski definition) is 8. The van der Waals surface area contributed by atoms with Gasteiger partial charge in [0.15, 0.2) is 11.9 Å². The van der Waals surface area contributed by atoms with Crippen molar-refractivity contribution in [3.05, 3.63) is 42.2 Å². The first kappa shape index (κ1) is 29.2. The minimum Gasteiger partial charge on any atom is -0.391 e. The third-order valence-corrected chi connectivity index (χ3v) is 6.35. The average Bonchev–Trinajstić information content (AvgIpc) is 2.94. The predicted molar refractivity (Wildman–Crippen MR) is 136 cm³/mol. The maximum atomic E-state index is 13.4. The van der Waals surface area contributed by atoms with Crippen molar-refractivity contribution in [2.24, 2.45) is 5.41 Å². The van der Waals surface area contributed by atoms with Gasteiger partial charge in [-0.25, -0.2) is 0 Å². The second-order valence-corrected chi connectivity index (χ2v) is 11.3. The molecule has 0 aliphatic carbocycles. The second-order valence-electron chi connectivity index (χ2n) is 11.3. The molecule has 3 heterocycles. The van der Waals surface area contributed by atoms with Crippen molar-refractivity contribution in [3.8, 4) is 0 Å². The standard InChI is InChI=1S/C27H41N3O7/c1-26(2,3)12-11-20-21(32)22(37-27(4,5)36-20)23(35-6)24(33)29-19-10-9-18(31)16-30(25(19)34)15-17-8-7-13-28-14-17/h7-8,11-14,18-23,31-32H,9-10,15-16H2,1-6H3,(H,29,33)/t18-,19+,20-,21+,22-,23-/m1/s1. The molecule has 206 valence electrons. The van der Waals surface area contributed by atoms with E-state index >= 15 is 0 Å². The first-order valence-electron chi connectivity index (χ1n) is 12.7. The quantitative estimate of drug-likeness (QED) is 0.463. The van der Waals surface area contributed by atoms with Crippen LogP contribution in [-0.4, -0.2) is 87.9 Å². The number of pyridine rings is 1. The van der Waals surface area contributed by atoms with Crippen LogP contribution in [0.2, 0.25) is 0 Å². The number of carbonyl (C=O) groups is 2. The lowest BCUT2D eigenvalue weighted by molar-refractivity contribution is -0.334. The van der Waals surface area contributed by atoms with E-state index in [-0.39, 0.29) is 30.8 Å². The van der Waals surface area contributed by atoms with Gasteiger partial charge in [-0.15, -0.1) is 0 Å². The van der Waals surface area contributed by atoms with E-state index in [9.17, 15) is 19.8 Å². The third-order valence-electron chi connectivity index (χ3n) is 6.35. The van der Waals surface area contributed by atoms with Crippen molar-refractivity contribution < 1.29 is 34.0 Å². The molecule has 3 N–H and O–H groups in total. The number of aliphatic hydroxyl groups excluding tert-OH is 2. The summed E-state index contributed by atoms with van der Waals surface area (Å²) in [6.45, 7) is 9.93. The molecule has 0 unspecified atom stereocenters. The monoisotopic (exact) mass is 519 g/mol. The van der Waals surface area contributed by atoms with Crippen LogP contribution < -0.4 is 5.32 Å². The molecule has 2 saturated heterocycles. The summed E-state index contributed by atoms with van der Waals surface area (Å²) < 4.78 is 17.4. The Morgan fingerprint density at radius 1 is 1.32 bits per heavy atom. The number of carbonyl (C=O) groups excluding carboxylic acids is 2. The molecule has 10 heteroatoms. The fourth-order valence-corrected chi connectivity index (χ4v) is 4.56. The number of methoxy groups -OCH3 is 1. The lowest BCUT2D eigenvalue weighted by Gasteiger charge is -2.45. The minimum atomic E-state index is -1.20. The highest BCUT2D eigenvalue weighted by molar-refractivity contribution is 5.90. The molecule has 1 aromatic heterocycles. The summed E-state index contributed by atoms with van der Waals surface area (Å²) in [4.78, 5) is 32.4. The van der Waals surface area contributed by atoms with Crippen molar-refractivity contribution in [2.75, 3.05) is 13.7 Å². The summed E-state index contributed by atoms with van der Waals surface area (Å²) in [5.74, 6) is -1.97. The zero-order valence-electron chi connectivity index (χ0n) is 22.6. The van der Waals surface area contributed by atoms with Gasteiger partial charge in [0.05, 0.1) is 6.10 Å². The van der Waals surface area contributed by atoms with Gasteiger partial charge in [0, 0.05) is 32.6 Å². The number of likely N-dealkylation sites (tertiary alicyclic amines) is 1. The van der Waals surface area contributed by atoms with Gasteiger partial charge in [-0.05, 0) is 43.7 Å². The number of nitrogens with zero attached hydrogens (tertiary/aromatic N) is 2. The van der Waals surface area contributed by atoms with Crippen LogP contribution in [0.1, 0.15) is 53.0 Å². The van der Waals surface area contributed by atoms with E-state index in [1.165, 1.54) is 12.0 Å². The van der Waals surface area contributed by atoms with Gasteiger partial charge >= 0.3 is 0 Å². The number of ether oxygens (including phenoxy) is 3. The number of rotatable bonds is 7. The van der Waals surface area contributed by atoms with Gasteiger partial charge in [-0.1, -0.05) is 39.0 Å². The fraction of sp³-hybridized carbons (Fsp3) is 0.667. The van der Waals surface area contributed by atoms with Crippen molar-refractivity contribution in [1.29, 1.82) is 0 Å². The molecule has 0 aromatic carbocycles. The van der Waals surface area contributed by atoms with Gasteiger partial charge in [0.1, 0.15) is 24.4 Å². The molecule has 0 radical (unpaired) electrons. The number of aliphatic hydroxyl groups is 2. The van der Waals surface area contributed by atoms with E-state index < -0.39 is 48.3 Å². The zero-order valence-corrected chi connectivity index (χ0v) is 22.6. The smallest absolute Gasteiger partial charge is 0.252 e. The van der Waals surface area contributed by atoms with Crippen LogP contribution in [0.5, 0.6) is 0 Å². The van der Waals surface area contributed by atoms with Gasteiger partial charge in [0.2, 0.25) is 5.91 Å². The number of β-amino-alcohol motifs (C(OH)–C–C–N with tert-alkyl or cyclic N) is 1. The Morgan fingerprint density at radius 3 is 2.68 bits per heavy atom. The maximum Gasteiger partial charge on any atom is 0.252 e. The van der Waals surface area contributed by atoms with Gasteiger partial charge in [-0.2, -0.15) is 0 Å². The molecule has 2 aliphatic heterocycles. The van der Waals surface area contributed by atoms with Crippen LogP contribution in [0.4, 0.5) is 0 Å². The summed E-state index contributed by atoms with van der Waals surface area (Å²) >= 11 is 0. The average molecular weight is 520 g/mol. The van der Waals surface area contributed by atoms with Crippen LogP contribution in [0.25, 0.3) is 0 Å². The Balaban J connectivity index is 1.76. The molecule has 1 aromatic rings. The second kappa shape index (κ2) is 12.0. The van der Waals surface area contributed by atoms with E-state index in [1.54, 1.807) is 38.4 Å². The third kappa shape index (κ3) is 8.05. The molecule has 0 bridgehead atoms.